The van der Waals surface area contributed by atoms with Crippen LogP contribution >= 0.6 is 0 Å². The van der Waals surface area contributed by atoms with Crippen LogP contribution in [0.25, 0.3) is 44.3 Å². The van der Waals surface area contributed by atoms with Crippen molar-refractivity contribution in [1.29, 1.82) is 0 Å². The third-order valence-corrected chi connectivity index (χ3v) is 4.70. The van der Waals surface area contributed by atoms with Crippen molar-refractivity contribution in [2.75, 3.05) is 5.73 Å². The van der Waals surface area contributed by atoms with E-state index in [0.717, 1.165) is 44.3 Å². The number of hydrogen-bond donors (Lipinski definition) is 2. The molecule has 6 nitrogen and oxygen atoms in total. The Hall–Kier alpha value is -3.67. The van der Waals surface area contributed by atoms with Gasteiger partial charge in [0.2, 0.25) is 5.95 Å². The first-order chi connectivity index (χ1) is 12.7. The maximum Gasteiger partial charge on any atom is 0.240 e. The summed E-state index contributed by atoms with van der Waals surface area (Å²) in [5.74, 6) is 0.161. The van der Waals surface area contributed by atoms with Crippen LogP contribution in [0.5, 0.6) is 0 Å². The third-order valence-electron chi connectivity index (χ3n) is 4.70. The Balaban J connectivity index is 1.84. The zero-order valence-corrected chi connectivity index (χ0v) is 14.1. The molecule has 0 unspecified atom stereocenters. The molecule has 0 aliphatic heterocycles. The molecule has 5 rings (SSSR count). The number of fused-ring (bicyclic) bond motifs is 2. The summed E-state index contributed by atoms with van der Waals surface area (Å²) in [6, 6.07) is 16.3. The Morgan fingerprint density at radius 2 is 1.65 bits per heavy atom. The summed E-state index contributed by atoms with van der Waals surface area (Å²) in [5.41, 5.74) is 11.5. The number of rotatable bonds is 2. The van der Waals surface area contributed by atoms with Crippen LogP contribution in [-0.2, 0) is 7.05 Å². The van der Waals surface area contributed by atoms with E-state index in [9.17, 15) is 0 Å². The number of para-hydroxylation sites is 2. The molecular weight excluding hydrogens is 324 g/mol. The quantitative estimate of drug-likeness (QED) is 0.512. The highest BCUT2D eigenvalue weighted by Crippen LogP contribution is 2.37. The van der Waals surface area contributed by atoms with Gasteiger partial charge in [0.05, 0.1) is 0 Å². The number of aryl methyl sites for hydroxylation is 1. The second-order valence-corrected chi connectivity index (χ2v) is 6.29. The summed E-state index contributed by atoms with van der Waals surface area (Å²) >= 11 is 0. The molecule has 3 N–H and O–H groups in total. The van der Waals surface area contributed by atoms with Gasteiger partial charge >= 0.3 is 0 Å². The fraction of sp³-hybridized carbons (Fsp3) is 0.0500. The molecule has 0 aliphatic carbocycles. The van der Waals surface area contributed by atoms with E-state index in [1.54, 1.807) is 0 Å². The number of nitrogens with zero attached hydrogens (tertiary/aromatic N) is 4. The summed E-state index contributed by atoms with van der Waals surface area (Å²) in [5, 5.41) is 10.6. The van der Waals surface area contributed by atoms with E-state index in [1.165, 1.54) is 0 Å². The Labute approximate surface area is 149 Å². The highest BCUT2D eigenvalue weighted by molar-refractivity contribution is 6.02. The zero-order chi connectivity index (χ0) is 17.7. The number of hydrogen-bond acceptors (Lipinski definition) is 4. The lowest BCUT2D eigenvalue weighted by atomic mass is 10.0. The van der Waals surface area contributed by atoms with Gasteiger partial charge in [0.15, 0.2) is 0 Å². The fourth-order valence-electron chi connectivity index (χ4n) is 3.51. The minimum absolute atomic E-state index is 0.161. The van der Waals surface area contributed by atoms with Gasteiger partial charge in [-0.25, -0.2) is 4.98 Å². The van der Waals surface area contributed by atoms with Crippen molar-refractivity contribution < 1.29 is 0 Å². The number of aromatic nitrogens is 5. The lowest BCUT2D eigenvalue weighted by molar-refractivity contribution is 0.963. The predicted octanol–water partition coefficient (Wildman–Crippen LogP) is 3.76. The van der Waals surface area contributed by atoms with Crippen LogP contribution in [0, 0.1) is 0 Å². The van der Waals surface area contributed by atoms with Gasteiger partial charge in [0.1, 0.15) is 11.4 Å². The van der Waals surface area contributed by atoms with E-state index in [0.29, 0.717) is 0 Å². The number of nitrogens with one attached hydrogen (secondary N) is 1. The molecule has 0 aliphatic rings. The van der Waals surface area contributed by atoms with E-state index in [4.69, 9.17) is 5.73 Å². The maximum absolute atomic E-state index is 5.87. The molecule has 26 heavy (non-hydrogen) atoms. The van der Waals surface area contributed by atoms with Crippen LogP contribution in [0.1, 0.15) is 0 Å². The smallest absolute Gasteiger partial charge is 0.240 e. The minimum Gasteiger partial charge on any atom is -0.366 e. The van der Waals surface area contributed by atoms with Gasteiger partial charge in [-0.1, -0.05) is 36.4 Å². The molecule has 3 heterocycles. The van der Waals surface area contributed by atoms with Crippen molar-refractivity contribution in [3.05, 3.63) is 60.9 Å². The first-order valence-corrected chi connectivity index (χ1v) is 8.33. The summed E-state index contributed by atoms with van der Waals surface area (Å²) in [4.78, 5) is 7.83. The molecule has 6 heteroatoms. The summed E-state index contributed by atoms with van der Waals surface area (Å²) in [6.45, 7) is 0. The van der Waals surface area contributed by atoms with E-state index >= 15 is 0 Å². The van der Waals surface area contributed by atoms with Crippen LogP contribution in [0.2, 0.25) is 0 Å². The molecule has 0 spiro atoms. The summed E-state index contributed by atoms with van der Waals surface area (Å²) in [6.07, 6.45) is 4.01. The van der Waals surface area contributed by atoms with E-state index in [2.05, 4.69) is 49.1 Å². The van der Waals surface area contributed by atoms with Crippen LogP contribution < -0.4 is 5.73 Å². The maximum atomic E-state index is 5.87. The molecule has 5 aromatic rings. The largest absolute Gasteiger partial charge is 0.366 e. The molecule has 3 aromatic heterocycles. The number of aromatic amines is 1. The lowest BCUT2D eigenvalue weighted by Gasteiger charge is -2.06. The molecule has 0 bridgehead atoms. The summed E-state index contributed by atoms with van der Waals surface area (Å²) in [7, 11) is 2.02. The van der Waals surface area contributed by atoms with Gasteiger partial charge in [0, 0.05) is 52.4 Å². The van der Waals surface area contributed by atoms with Crippen molar-refractivity contribution in [2.24, 2.45) is 7.05 Å². The molecule has 0 atom stereocenters. The Morgan fingerprint density at radius 1 is 0.885 bits per heavy atom. The lowest BCUT2D eigenvalue weighted by Crippen LogP contribution is -2.02. The average Bonchev–Trinajstić information content (AvgIpc) is 3.24. The van der Waals surface area contributed by atoms with Crippen LogP contribution in [0.15, 0.2) is 60.9 Å². The predicted molar refractivity (Wildman–Crippen MR) is 103 cm³/mol. The number of anilines is 1. The van der Waals surface area contributed by atoms with Crippen molar-refractivity contribution >= 4 is 27.8 Å². The highest BCUT2D eigenvalue weighted by Gasteiger charge is 2.19. The molecule has 0 saturated carbocycles. The summed E-state index contributed by atoms with van der Waals surface area (Å²) < 4.78 is 2.09. The molecule has 2 aromatic carbocycles. The molecule has 126 valence electrons. The van der Waals surface area contributed by atoms with Gasteiger partial charge in [-0.15, -0.1) is 10.2 Å². The first-order valence-electron chi connectivity index (χ1n) is 8.33. The van der Waals surface area contributed by atoms with E-state index < -0.39 is 0 Å². The minimum atomic E-state index is 0.161. The van der Waals surface area contributed by atoms with Crippen LogP contribution in [-0.4, -0.2) is 24.7 Å². The number of nitrogen functional groups attached to an aromatic ring is 1. The van der Waals surface area contributed by atoms with Gasteiger partial charge in [-0.2, -0.15) is 0 Å². The van der Waals surface area contributed by atoms with Crippen LogP contribution in [0.3, 0.4) is 0 Å². The highest BCUT2D eigenvalue weighted by atomic mass is 15.2. The fourth-order valence-corrected chi connectivity index (χ4v) is 3.51. The molecule has 0 saturated heterocycles. The third kappa shape index (κ3) is 2.09. The van der Waals surface area contributed by atoms with Crippen molar-refractivity contribution in [3.8, 4) is 22.5 Å². The van der Waals surface area contributed by atoms with Gasteiger partial charge in [0.25, 0.3) is 0 Å². The average molecular weight is 340 g/mol. The monoisotopic (exact) mass is 340 g/mol. The van der Waals surface area contributed by atoms with Gasteiger partial charge in [-0.3, -0.25) is 0 Å². The normalized spacial score (nSPS) is 11.4. The first kappa shape index (κ1) is 14.7. The van der Waals surface area contributed by atoms with Crippen molar-refractivity contribution in [2.45, 2.75) is 0 Å². The zero-order valence-electron chi connectivity index (χ0n) is 14.1. The topological polar surface area (TPSA) is 85.4 Å². The number of benzene rings is 2. The Bertz CT molecular complexity index is 1260. The molecule has 0 radical (unpaired) electrons. The molecule has 0 amide bonds. The standard InChI is InChI=1S/C20H16N6/c1-26-11-15(13-7-3-5-9-17(13)26)19-18(23-20(21)25-24-19)14-10-22-16-8-4-2-6-12(14)16/h2-11,22H,1H3,(H2,21,23,25). The van der Waals surface area contributed by atoms with Crippen molar-refractivity contribution in [1.82, 2.24) is 24.7 Å². The second-order valence-electron chi connectivity index (χ2n) is 6.29. The molecular formula is C20H16N6. The van der Waals surface area contributed by atoms with Gasteiger partial charge in [-0.05, 0) is 12.1 Å². The Morgan fingerprint density at radius 3 is 2.54 bits per heavy atom. The number of H-pyrrole nitrogens is 1. The van der Waals surface area contributed by atoms with E-state index in [1.807, 2.05) is 43.6 Å². The molecule has 0 fully saturated rings. The van der Waals surface area contributed by atoms with Crippen LogP contribution in [0.4, 0.5) is 5.95 Å². The van der Waals surface area contributed by atoms with Crippen molar-refractivity contribution in [3.63, 3.8) is 0 Å². The second kappa shape index (κ2) is 5.42. The van der Waals surface area contributed by atoms with Gasteiger partial charge < -0.3 is 15.3 Å². The SMILES string of the molecule is Cn1cc(-c2nnc(N)nc2-c2c[nH]c3ccccc23)c2ccccc21. The Kier molecular flexibility index (Phi) is 3.05. The number of nitrogens with two attached hydrogens (primary N) is 1. The van der Waals surface area contributed by atoms with E-state index in [-0.39, 0.29) is 5.95 Å².